The van der Waals surface area contributed by atoms with E-state index in [0.29, 0.717) is 18.2 Å². The molecule has 0 aliphatic heterocycles. The third-order valence-electron chi connectivity index (χ3n) is 4.77. The van der Waals surface area contributed by atoms with Crippen LogP contribution in [0.3, 0.4) is 0 Å². The molecular formula is C23H22N4O2. The van der Waals surface area contributed by atoms with Crippen LogP contribution in [0.25, 0.3) is 5.65 Å². The summed E-state index contributed by atoms with van der Waals surface area (Å²) in [4.78, 5) is 12.2. The lowest BCUT2D eigenvalue weighted by atomic mass is 9.88. The number of carbonyl (C=O) groups is 1. The Morgan fingerprint density at radius 2 is 1.55 bits per heavy atom. The van der Waals surface area contributed by atoms with Gasteiger partial charge in [0.25, 0.3) is 5.91 Å². The topological polar surface area (TPSA) is 68.5 Å². The van der Waals surface area contributed by atoms with Crippen molar-refractivity contribution in [3.63, 3.8) is 0 Å². The minimum absolute atomic E-state index is 0.100. The highest BCUT2D eigenvalue weighted by atomic mass is 16.5. The molecule has 2 aromatic carbocycles. The quantitative estimate of drug-likeness (QED) is 0.504. The van der Waals surface area contributed by atoms with Crippen LogP contribution >= 0.6 is 0 Å². The molecule has 1 N–H and O–H groups in total. The molecule has 2 heterocycles. The Morgan fingerprint density at radius 1 is 0.897 bits per heavy atom. The predicted octanol–water partition coefficient (Wildman–Crippen LogP) is 3.45. The van der Waals surface area contributed by atoms with Crippen LogP contribution in [0.5, 0.6) is 6.01 Å². The maximum absolute atomic E-state index is 12.2. The molecule has 6 nitrogen and oxygen atoms in total. The number of rotatable bonds is 8. The van der Waals surface area contributed by atoms with Gasteiger partial charge in [-0.15, -0.1) is 5.10 Å². The minimum atomic E-state index is -0.183. The number of nitrogens with one attached hydrogen (secondary N) is 1. The van der Waals surface area contributed by atoms with Gasteiger partial charge in [0.15, 0.2) is 12.3 Å². The summed E-state index contributed by atoms with van der Waals surface area (Å²) in [6, 6.07) is 26.6. The Labute approximate surface area is 169 Å². The molecule has 6 heteroatoms. The van der Waals surface area contributed by atoms with Gasteiger partial charge in [0.05, 0.1) is 0 Å². The van der Waals surface area contributed by atoms with Crippen molar-refractivity contribution < 1.29 is 9.53 Å². The Bertz CT molecular complexity index is 1020. The molecule has 0 aliphatic carbocycles. The van der Waals surface area contributed by atoms with Crippen LogP contribution in [0, 0.1) is 0 Å². The van der Waals surface area contributed by atoms with Gasteiger partial charge in [0.1, 0.15) is 0 Å². The first kappa shape index (κ1) is 18.7. The molecule has 0 radical (unpaired) electrons. The molecule has 4 aromatic rings. The van der Waals surface area contributed by atoms with Crippen molar-refractivity contribution in [3.8, 4) is 6.01 Å². The van der Waals surface area contributed by atoms with Crippen molar-refractivity contribution in [1.29, 1.82) is 0 Å². The molecule has 0 unspecified atom stereocenters. The number of ether oxygens (including phenoxy) is 1. The number of carbonyl (C=O) groups excluding carboxylic acids is 1. The normalized spacial score (nSPS) is 10.9. The standard InChI is InChI=1S/C23H22N4O2/c28-22(17-29-23-26-25-21-13-7-8-16-27(21)23)24-15-14-20(18-9-3-1-4-10-18)19-11-5-2-6-12-19/h1-13,16,20H,14-15,17H2,(H,24,28). The molecule has 0 aliphatic rings. The molecule has 4 rings (SSSR count). The number of hydrogen-bond acceptors (Lipinski definition) is 4. The highest BCUT2D eigenvalue weighted by Gasteiger charge is 2.14. The molecule has 29 heavy (non-hydrogen) atoms. The van der Waals surface area contributed by atoms with Crippen LogP contribution in [0.1, 0.15) is 23.5 Å². The van der Waals surface area contributed by atoms with E-state index in [0.717, 1.165) is 6.42 Å². The van der Waals surface area contributed by atoms with Crippen molar-refractivity contribution in [2.75, 3.05) is 13.2 Å². The summed E-state index contributed by atoms with van der Waals surface area (Å²) in [6.07, 6.45) is 2.60. The fraction of sp³-hybridized carbons (Fsp3) is 0.174. The number of fused-ring (bicyclic) bond motifs is 1. The van der Waals surface area contributed by atoms with E-state index in [4.69, 9.17) is 4.74 Å². The number of nitrogens with zero attached hydrogens (tertiary/aromatic N) is 3. The van der Waals surface area contributed by atoms with Crippen molar-refractivity contribution in [2.45, 2.75) is 12.3 Å². The lowest BCUT2D eigenvalue weighted by molar-refractivity contribution is -0.123. The van der Waals surface area contributed by atoms with E-state index in [1.807, 2.05) is 54.6 Å². The maximum Gasteiger partial charge on any atom is 0.322 e. The van der Waals surface area contributed by atoms with Gasteiger partial charge >= 0.3 is 6.01 Å². The molecule has 0 saturated heterocycles. The molecular weight excluding hydrogens is 364 g/mol. The van der Waals surface area contributed by atoms with Crippen molar-refractivity contribution >= 4 is 11.6 Å². The first-order chi connectivity index (χ1) is 14.3. The molecule has 1 amide bonds. The van der Waals surface area contributed by atoms with E-state index in [1.165, 1.54) is 11.1 Å². The zero-order valence-electron chi connectivity index (χ0n) is 15.9. The van der Waals surface area contributed by atoms with Crippen LogP contribution in [-0.2, 0) is 4.79 Å². The second-order valence-corrected chi connectivity index (χ2v) is 6.71. The summed E-state index contributed by atoms with van der Waals surface area (Å²) < 4.78 is 7.23. The first-order valence-corrected chi connectivity index (χ1v) is 9.60. The lowest BCUT2D eigenvalue weighted by Gasteiger charge is -2.18. The van der Waals surface area contributed by atoms with E-state index in [1.54, 1.807) is 10.6 Å². The van der Waals surface area contributed by atoms with E-state index in [-0.39, 0.29) is 18.4 Å². The summed E-state index contributed by atoms with van der Waals surface area (Å²) in [5.74, 6) is 0.0385. The van der Waals surface area contributed by atoms with Gasteiger partial charge < -0.3 is 10.1 Å². The van der Waals surface area contributed by atoms with Gasteiger partial charge in [-0.05, 0) is 29.7 Å². The molecule has 0 bridgehead atoms. The van der Waals surface area contributed by atoms with Crippen molar-refractivity contribution in [1.82, 2.24) is 19.9 Å². The zero-order chi connectivity index (χ0) is 19.9. The number of amides is 1. The van der Waals surface area contributed by atoms with Gasteiger partial charge in [-0.3, -0.25) is 9.20 Å². The van der Waals surface area contributed by atoms with Gasteiger partial charge in [0.2, 0.25) is 0 Å². The monoisotopic (exact) mass is 386 g/mol. The van der Waals surface area contributed by atoms with Crippen molar-refractivity contribution in [2.24, 2.45) is 0 Å². The Kier molecular flexibility index (Phi) is 5.81. The predicted molar refractivity (Wildman–Crippen MR) is 111 cm³/mol. The number of hydrogen-bond donors (Lipinski definition) is 1. The van der Waals surface area contributed by atoms with Crippen LogP contribution in [-0.4, -0.2) is 33.7 Å². The molecule has 0 fully saturated rings. The third-order valence-corrected chi connectivity index (χ3v) is 4.77. The third kappa shape index (κ3) is 4.60. The SMILES string of the molecule is O=C(COc1nnc2ccccn12)NCCC(c1ccccc1)c1ccccc1. The summed E-state index contributed by atoms with van der Waals surface area (Å²) in [6.45, 7) is 0.453. The summed E-state index contributed by atoms with van der Waals surface area (Å²) >= 11 is 0. The fourth-order valence-corrected chi connectivity index (χ4v) is 3.35. The molecule has 146 valence electrons. The number of benzene rings is 2. The molecule has 0 spiro atoms. The van der Waals surface area contributed by atoms with Crippen LogP contribution < -0.4 is 10.1 Å². The average Bonchev–Trinajstić information content (AvgIpc) is 3.20. The zero-order valence-corrected chi connectivity index (χ0v) is 15.9. The van der Waals surface area contributed by atoms with Gasteiger partial charge in [-0.1, -0.05) is 71.8 Å². The van der Waals surface area contributed by atoms with E-state index < -0.39 is 0 Å². The fourth-order valence-electron chi connectivity index (χ4n) is 3.35. The number of aromatic nitrogens is 3. The van der Waals surface area contributed by atoms with E-state index in [9.17, 15) is 4.79 Å². The number of pyridine rings is 1. The second-order valence-electron chi connectivity index (χ2n) is 6.71. The molecule has 0 atom stereocenters. The summed E-state index contributed by atoms with van der Waals surface area (Å²) in [5.41, 5.74) is 3.15. The Balaban J connectivity index is 1.33. The summed E-state index contributed by atoms with van der Waals surface area (Å²) in [5, 5.41) is 10.9. The smallest absolute Gasteiger partial charge is 0.322 e. The van der Waals surface area contributed by atoms with Gasteiger partial charge in [-0.2, -0.15) is 0 Å². The Hall–Kier alpha value is -3.67. The Morgan fingerprint density at radius 3 is 2.24 bits per heavy atom. The largest absolute Gasteiger partial charge is 0.453 e. The van der Waals surface area contributed by atoms with Crippen LogP contribution in [0.15, 0.2) is 85.1 Å². The highest BCUT2D eigenvalue weighted by molar-refractivity contribution is 5.77. The second kappa shape index (κ2) is 9.01. The minimum Gasteiger partial charge on any atom is -0.453 e. The van der Waals surface area contributed by atoms with E-state index in [2.05, 4.69) is 39.8 Å². The van der Waals surface area contributed by atoms with Crippen LogP contribution in [0.4, 0.5) is 0 Å². The maximum atomic E-state index is 12.2. The van der Waals surface area contributed by atoms with Crippen molar-refractivity contribution in [3.05, 3.63) is 96.2 Å². The highest BCUT2D eigenvalue weighted by Crippen LogP contribution is 2.27. The van der Waals surface area contributed by atoms with Crippen LogP contribution in [0.2, 0.25) is 0 Å². The molecule has 0 saturated carbocycles. The molecule has 2 aromatic heterocycles. The van der Waals surface area contributed by atoms with Gasteiger partial charge in [-0.25, -0.2) is 0 Å². The van der Waals surface area contributed by atoms with E-state index >= 15 is 0 Å². The lowest BCUT2D eigenvalue weighted by Crippen LogP contribution is -2.30. The first-order valence-electron chi connectivity index (χ1n) is 9.60. The summed E-state index contributed by atoms with van der Waals surface area (Å²) in [7, 11) is 0. The average molecular weight is 386 g/mol. The van der Waals surface area contributed by atoms with Gasteiger partial charge in [0, 0.05) is 18.7 Å².